The highest BCUT2D eigenvalue weighted by molar-refractivity contribution is 7.99. The van der Waals surface area contributed by atoms with Crippen molar-refractivity contribution >= 4 is 11.8 Å². The molecule has 0 atom stereocenters. The van der Waals surface area contributed by atoms with Gasteiger partial charge in [0.1, 0.15) is 0 Å². The first-order valence-electron chi connectivity index (χ1n) is 5.35. The first-order chi connectivity index (χ1) is 6.90. The zero-order valence-electron chi connectivity index (χ0n) is 8.68. The fourth-order valence-corrected chi connectivity index (χ4v) is 2.86. The Morgan fingerprint density at radius 3 is 3.21 bits per heavy atom. The van der Waals surface area contributed by atoms with Gasteiger partial charge in [0.2, 0.25) is 0 Å². The lowest BCUT2D eigenvalue weighted by Crippen LogP contribution is -2.16. The summed E-state index contributed by atoms with van der Waals surface area (Å²) in [4.78, 5) is 1.50. The highest BCUT2D eigenvalue weighted by Gasteiger charge is 2.10. The minimum Gasteiger partial charge on any atom is -0.317 e. The molecule has 1 nitrogen and oxygen atoms in total. The van der Waals surface area contributed by atoms with Gasteiger partial charge in [-0.05, 0) is 43.1 Å². The van der Waals surface area contributed by atoms with Gasteiger partial charge in [-0.25, -0.2) is 0 Å². The zero-order valence-corrected chi connectivity index (χ0v) is 9.49. The van der Waals surface area contributed by atoms with Crippen LogP contribution in [0, 0.1) is 0 Å². The number of likely N-dealkylation sites (N-methyl/N-ethyl adjacent to an activating group) is 1. The van der Waals surface area contributed by atoms with E-state index < -0.39 is 0 Å². The molecule has 0 amide bonds. The van der Waals surface area contributed by atoms with Gasteiger partial charge in [-0.3, -0.25) is 0 Å². The van der Waals surface area contributed by atoms with Gasteiger partial charge in [0.15, 0.2) is 0 Å². The lowest BCUT2D eigenvalue weighted by atomic mass is 10.1. The number of thioether (sulfide) groups is 1. The van der Waals surface area contributed by atoms with Gasteiger partial charge in [0.05, 0.1) is 0 Å². The molecule has 0 saturated heterocycles. The normalized spacial score (nSPS) is 14.4. The van der Waals surface area contributed by atoms with Gasteiger partial charge >= 0.3 is 0 Å². The summed E-state index contributed by atoms with van der Waals surface area (Å²) >= 11 is 1.99. The summed E-state index contributed by atoms with van der Waals surface area (Å²) in [6.45, 7) is 4.32. The van der Waals surface area contributed by atoms with Crippen molar-refractivity contribution in [3.63, 3.8) is 0 Å². The van der Waals surface area contributed by atoms with Crippen molar-refractivity contribution < 1.29 is 0 Å². The third kappa shape index (κ3) is 2.31. The molecule has 1 aliphatic rings. The van der Waals surface area contributed by atoms with Crippen LogP contribution in [0.25, 0.3) is 0 Å². The summed E-state index contributed by atoms with van der Waals surface area (Å²) in [7, 11) is 0. The molecule has 2 rings (SSSR count). The molecule has 1 N–H and O–H groups in total. The second-order valence-corrected chi connectivity index (χ2v) is 4.78. The Kier molecular flexibility index (Phi) is 3.49. The van der Waals surface area contributed by atoms with Crippen LogP contribution in [0.15, 0.2) is 23.1 Å². The number of rotatable bonds is 4. The number of aryl methyl sites for hydroxylation is 1. The molecule has 0 unspecified atom stereocenters. The van der Waals surface area contributed by atoms with Crippen molar-refractivity contribution in [1.29, 1.82) is 0 Å². The Hall–Kier alpha value is -0.470. The van der Waals surface area contributed by atoms with Crippen LogP contribution >= 0.6 is 11.8 Å². The van der Waals surface area contributed by atoms with E-state index in [1.165, 1.54) is 22.6 Å². The standard InChI is InChI=1S/C12H17NS/c1-2-13-7-5-10-3-4-12-11(9-10)6-8-14-12/h3-4,9,13H,2,5-8H2,1H3. The Morgan fingerprint density at radius 2 is 2.36 bits per heavy atom. The third-order valence-corrected chi connectivity index (χ3v) is 3.71. The van der Waals surface area contributed by atoms with E-state index in [9.17, 15) is 0 Å². The van der Waals surface area contributed by atoms with Gasteiger partial charge in [0.25, 0.3) is 0 Å². The molecule has 0 aliphatic carbocycles. The van der Waals surface area contributed by atoms with Gasteiger partial charge in [-0.15, -0.1) is 11.8 Å². The molecule has 2 heteroatoms. The zero-order chi connectivity index (χ0) is 9.80. The van der Waals surface area contributed by atoms with E-state index in [0.717, 1.165) is 19.5 Å². The Morgan fingerprint density at radius 1 is 1.43 bits per heavy atom. The SMILES string of the molecule is CCNCCc1ccc2c(c1)CCS2. The summed E-state index contributed by atoms with van der Waals surface area (Å²) in [5, 5.41) is 3.36. The van der Waals surface area contributed by atoms with Crippen molar-refractivity contribution in [2.24, 2.45) is 0 Å². The third-order valence-electron chi connectivity index (χ3n) is 2.59. The number of benzene rings is 1. The lowest BCUT2D eigenvalue weighted by molar-refractivity contribution is 0.716. The number of hydrogen-bond acceptors (Lipinski definition) is 2. The van der Waals surface area contributed by atoms with Crippen LogP contribution in [0.4, 0.5) is 0 Å². The van der Waals surface area contributed by atoms with Crippen LogP contribution < -0.4 is 5.32 Å². The summed E-state index contributed by atoms with van der Waals surface area (Å²) in [6.07, 6.45) is 2.42. The smallest absolute Gasteiger partial charge is 0.0105 e. The lowest BCUT2D eigenvalue weighted by Gasteiger charge is -2.04. The van der Waals surface area contributed by atoms with E-state index in [0.29, 0.717) is 0 Å². The predicted molar refractivity (Wildman–Crippen MR) is 63.1 cm³/mol. The maximum absolute atomic E-state index is 3.36. The van der Waals surface area contributed by atoms with Crippen molar-refractivity contribution in [1.82, 2.24) is 5.32 Å². The summed E-state index contributed by atoms with van der Waals surface area (Å²) in [6, 6.07) is 6.94. The number of nitrogens with one attached hydrogen (secondary N) is 1. The minimum atomic E-state index is 1.07. The number of fused-ring (bicyclic) bond motifs is 1. The molecule has 0 aromatic heterocycles. The van der Waals surface area contributed by atoms with Gasteiger partial charge in [-0.2, -0.15) is 0 Å². The molecule has 0 saturated carbocycles. The average molecular weight is 207 g/mol. The average Bonchev–Trinajstić information content (AvgIpc) is 2.65. The molecule has 76 valence electrons. The van der Waals surface area contributed by atoms with Gasteiger partial charge in [-0.1, -0.05) is 19.1 Å². The maximum Gasteiger partial charge on any atom is 0.0105 e. The largest absolute Gasteiger partial charge is 0.317 e. The van der Waals surface area contributed by atoms with Gasteiger partial charge in [0, 0.05) is 10.6 Å². The molecule has 1 aromatic rings. The van der Waals surface area contributed by atoms with E-state index in [-0.39, 0.29) is 0 Å². The molecular formula is C12H17NS. The fourth-order valence-electron chi connectivity index (χ4n) is 1.80. The molecule has 1 heterocycles. The van der Waals surface area contributed by atoms with Crippen LogP contribution in [0.1, 0.15) is 18.1 Å². The first-order valence-corrected chi connectivity index (χ1v) is 6.34. The second-order valence-electron chi connectivity index (χ2n) is 3.64. The van der Waals surface area contributed by atoms with Crippen molar-refractivity contribution in [3.8, 4) is 0 Å². The predicted octanol–water partition coefficient (Wildman–Crippen LogP) is 2.49. The molecule has 0 bridgehead atoms. The number of hydrogen-bond donors (Lipinski definition) is 1. The highest BCUT2D eigenvalue weighted by Crippen LogP contribution is 2.31. The van der Waals surface area contributed by atoms with Crippen molar-refractivity contribution in [2.45, 2.75) is 24.7 Å². The monoisotopic (exact) mass is 207 g/mol. The molecule has 1 aromatic carbocycles. The minimum absolute atomic E-state index is 1.07. The van der Waals surface area contributed by atoms with E-state index in [1.807, 2.05) is 11.8 Å². The molecule has 0 radical (unpaired) electrons. The van der Waals surface area contributed by atoms with Crippen LogP contribution in [-0.2, 0) is 12.8 Å². The quantitative estimate of drug-likeness (QED) is 0.761. The van der Waals surface area contributed by atoms with Crippen LogP contribution in [0.2, 0.25) is 0 Å². The highest BCUT2D eigenvalue weighted by atomic mass is 32.2. The van der Waals surface area contributed by atoms with Gasteiger partial charge < -0.3 is 5.32 Å². The Bertz CT molecular complexity index is 309. The fraction of sp³-hybridized carbons (Fsp3) is 0.500. The second kappa shape index (κ2) is 4.85. The Labute approximate surface area is 90.3 Å². The molecule has 14 heavy (non-hydrogen) atoms. The van der Waals surface area contributed by atoms with E-state index in [4.69, 9.17) is 0 Å². The van der Waals surface area contributed by atoms with Crippen molar-refractivity contribution in [2.75, 3.05) is 18.8 Å². The summed E-state index contributed by atoms with van der Waals surface area (Å²) in [5.41, 5.74) is 3.04. The summed E-state index contributed by atoms with van der Waals surface area (Å²) in [5.74, 6) is 1.27. The van der Waals surface area contributed by atoms with Crippen LogP contribution in [0.5, 0.6) is 0 Å². The topological polar surface area (TPSA) is 12.0 Å². The maximum atomic E-state index is 3.36. The van der Waals surface area contributed by atoms with Crippen molar-refractivity contribution in [3.05, 3.63) is 29.3 Å². The van der Waals surface area contributed by atoms with E-state index in [2.05, 4.69) is 30.4 Å². The Balaban J connectivity index is 1.98. The molecular weight excluding hydrogens is 190 g/mol. The van der Waals surface area contributed by atoms with E-state index >= 15 is 0 Å². The molecule has 0 spiro atoms. The summed E-state index contributed by atoms with van der Waals surface area (Å²) < 4.78 is 0. The van der Waals surface area contributed by atoms with Crippen LogP contribution in [-0.4, -0.2) is 18.8 Å². The van der Waals surface area contributed by atoms with E-state index in [1.54, 1.807) is 5.56 Å². The van der Waals surface area contributed by atoms with Crippen LogP contribution in [0.3, 0.4) is 0 Å². The molecule has 1 aliphatic heterocycles. The molecule has 0 fully saturated rings. The first kappa shape index (κ1) is 10.1.